The normalized spacial score (nSPS) is 26.6. The lowest BCUT2D eigenvalue weighted by Gasteiger charge is -2.38. The number of phenols is 2. The predicted molar refractivity (Wildman–Crippen MR) is 104 cm³/mol. The topological polar surface area (TPSA) is 150 Å². The van der Waals surface area contributed by atoms with Gasteiger partial charge in [-0.25, -0.2) is 0 Å². The lowest BCUT2D eigenvalue weighted by Crippen LogP contribution is -2.58. The van der Waals surface area contributed by atoms with Crippen LogP contribution in [0.4, 0.5) is 0 Å². The van der Waals surface area contributed by atoms with Gasteiger partial charge in [-0.15, -0.1) is 0 Å². The van der Waals surface area contributed by atoms with Crippen LogP contribution in [0.5, 0.6) is 17.2 Å². The first-order chi connectivity index (χ1) is 14.2. The summed E-state index contributed by atoms with van der Waals surface area (Å²) in [5.41, 5.74) is 0.0820. The Balaban J connectivity index is 1.72. The molecule has 0 bridgehead atoms. The summed E-state index contributed by atoms with van der Waals surface area (Å²) in [5, 5.41) is 49.5. The SMILES string of the molecule is C[C@@H]1O[C@H](Oc2cc(O)c3c(=O)cc(-c4ccc(O)cc4)oc3c2)[C@@H](O)[C@@H](O)[C@H]1O. The number of hydrogen-bond acceptors (Lipinski definition) is 9. The zero-order valence-electron chi connectivity index (χ0n) is 15.8. The van der Waals surface area contributed by atoms with Crippen LogP contribution in [0.1, 0.15) is 6.92 Å². The summed E-state index contributed by atoms with van der Waals surface area (Å²) in [7, 11) is 0. The van der Waals surface area contributed by atoms with E-state index < -0.39 is 41.9 Å². The van der Waals surface area contributed by atoms with Crippen molar-refractivity contribution in [3.63, 3.8) is 0 Å². The maximum atomic E-state index is 12.5. The van der Waals surface area contributed by atoms with Gasteiger partial charge in [0.1, 0.15) is 52.3 Å². The van der Waals surface area contributed by atoms with Crippen LogP contribution in [0.3, 0.4) is 0 Å². The van der Waals surface area contributed by atoms with E-state index in [1.54, 1.807) is 12.1 Å². The van der Waals surface area contributed by atoms with Crippen molar-refractivity contribution in [1.82, 2.24) is 0 Å². The van der Waals surface area contributed by atoms with Crippen molar-refractivity contribution in [2.45, 2.75) is 37.6 Å². The van der Waals surface area contributed by atoms with Crippen LogP contribution >= 0.6 is 0 Å². The number of fused-ring (bicyclic) bond motifs is 1. The summed E-state index contributed by atoms with van der Waals surface area (Å²) in [6.07, 6.45) is -6.42. The number of aliphatic hydroxyl groups excluding tert-OH is 3. The Kier molecular flexibility index (Phi) is 5.12. The van der Waals surface area contributed by atoms with Crippen molar-refractivity contribution < 1.29 is 39.4 Å². The van der Waals surface area contributed by atoms with E-state index in [0.717, 1.165) is 6.07 Å². The first-order valence-corrected chi connectivity index (χ1v) is 9.21. The molecule has 1 fully saturated rings. The fraction of sp³-hybridized carbons (Fsp3) is 0.286. The standard InChI is InChI=1S/C21H20O9/c1-9-18(25)19(26)20(27)21(28-9)29-12-6-13(23)17-14(24)8-15(30-16(17)7-12)10-2-4-11(22)5-3-10/h2-9,18-23,25-27H,1H3/t9-,18-,19-,20-,21+/m0/s1. The largest absolute Gasteiger partial charge is 0.508 e. The van der Waals surface area contributed by atoms with E-state index in [2.05, 4.69) is 0 Å². The fourth-order valence-corrected chi connectivity index (χ4v) is 3.32. The Morgan fingerprint density at radius 1 is 0.933 bits per heavy atom. The van der Waals surface area contributed by atoms with Crippen molar-refractivity contribution >= 4 is 11.0 Å². The second-order valence-corrected chi connectivity index (χ2v) is 7.14. The third kappa shape index (κ3) is 3.59. The number of aliphatic hydroxyl groups is 3. The van der Waals surface area contributed by atoms with E-state index in [1.807, 2.05) is 0 Å². The zero-order valence-corrected chi connectivity index (χ0v) is 15.8. The van der Waals surface area contributed by atoms with E-state index in [4.69, 9.17) is 13.9 Å². The van der Waals surface area contributed by atoms with E-state index >= 15 is 0 Å². The summed E-state index contributed by atoms with van der Waals surface area (Å²) in [6.45, 7) is 1.51. The Bertz CT molecular complexity index is 1120. The second kappa shape index (κ2) is 7.62. The van der Waals surface area contributed by atoms with Crippen LogP contribution in [0, 0.1) is 0 Å². The zero-order chi connectivity index (χ0) is 21.6. The van der Waals surface area contributed by atoms with Gasteiger partial charge in [-0.2, -0.15) is 0 Å². The van der Waals surface area contributed by atoms with Gasteiger partial charge >= 0.3 is 0 Å². The molecule has 9 heteroatoms. The minimum atomic E-state index is -1.54. The van der Waals surface area contributed by atoms with E-state index in [1.165, 1.54) is 31.2 Å². The van der Waals surface area contributed by atoms with Crippen molar-refractivity contribution in [3.8, 4) is 28.6 Å². The predicted octanol–water partition coefficient (Wildman–Crippen LogP) is 1.08. The molecule has 158 valence electrons. The van der Waals surface area contributed by atoms with Crippen molar-refractivity contribution in [3.05, 3.63) is 52.7 Å². The molecule has 1 aromatic heterocycles. The summed E-state index contributed by atoms with van der Waals surface area (Å²) < 4.78 is 16.7. The average Bonchev–Trinajstić information content (AvgIpc) is 2.70. The molecular weight excluding hydrogens is 396 g/mol. The summed E-state index contributed by atoms with van der Waals surface area (Å²) in [6, 6.07) is 9.76. The quantitative estimate of drug-likeness (QED) is 0.423. The van der Waals surface area contributed by atoms with Gasteiger partial charge in [-0.3, -0.25) is 4.79 Å². The minimum Gasteiger partial charge on any atom is -0.508 e. The highest BCUT2D eigenvalue weighted by molar-refractivity contribution is 5.86. The molecule has 0 saturated carbocycles. The molecular formula is C21H20O9. The van der Waals surface area contributed by atoms with Gasteiger partial charge in [0, 0.05) is 23.8 Å². The molecule has 0 amide bonds. The summed E-state index contributed by atoms with van der Waals surface area (Å²) in [5.74, 6) is -0.105. The van der Waals surface area contributed by atoms with E-state index in [-0.39, 0.29) is 28.2 Å². The maximum Gasteiger partial charge on any atom is 0.229 e. The lowest BCUT2D eigenvalue weighted by atomic mass is 10.00. The molecule has 3 aromatic rings. The van der Waals surface area contributed by atoms with Crippen LogP contribution in [0.15, 0.2) is 51.7 Å². The third-order valence-corrected chi connectivity index (χ3v) is 5.00. The Hall–Kier alpha value is -3.11. The van der Waals surface area contributed by atoms with Crippen LogP contribution in [0.2, 0.25) is 0 Å². The Morgan fingerprint density at radius 3 is 2.33 bits per heavy atom. The van der Waals surface area contributed by atoms with E-state index in [0.29, 0.717) is 5.56 Å². The molecule has 4 rings (SSSR count). The van der Waals surface area contributed by atoms with Crippen molar-refractivity contribution in [2.24, 2.45) is 0 Å². The molecule has 5 atom stereocenters. The van der Waals surface area contributed by atoms with Crippen LogP contribution in [0.25, 0.3) is 22.3 Å². The van der Waals surface area contributed by atoms with Crippen LogP contribution in [-0.4, -0.2) is 56.2 Å². The number of benzene rings is 2. The monoisotopic (exact) mass is 416 g/mol. The Labute approximate surface area is 170 Å². The van der Waals surface area contributed by atoms with Gasteiger partial charge in [0.2, 0.25) is 6.29 Å². The van der Waals surface area contributed by atoms with Gasteiger partial charge < -0.3 is 39.4 Å². The molecule has 0 aliphatic carbocycles. The number of phenolic OH excluding ortho intramolecular Hbond substituents is 2. The molecule has 1 aliphatic rings. The molecule has 0 spiro atoms. The number of aromatic hydroxyl groups is 2. The summed E-state index contributed by atoms with van der Waals surface area (Å²) in [4.78, 5) is 12.5. The molecule has 9 nitrogen and oxygen atoms in total. The molecule has 0 unspecified atom stereocenters. The first kappa shape index (κ1) is 20.2. The molecule has 2 aromatic carbocycles. The fourth-order valence-electron chi connectivity index (χ4n) is 3.32. The lowest BCUT2D eigenvalue weighted by molar-refractivity contribution is -0.268. The molecule has 0 radical (unpaired) electrons. The van der Waals surface area contributed by atoms with Crippen LogP contribution in [-0.2, 0) is 4.74 Å². The highest BCUT2D eigenvalue weighted by Crippen LogP contribution is 2.33. The van der Waals surface area contributed by atoms with Gasteiger partial charge in [0.05, 0.1) is 6.10 Å². The third-order valence-electron chi connectivity index (χ3n) is 5.00. The molecule has 5 N–H and O–H groups in total. The minimum absolute atomic E-state index is 0.0193. The highest BCUT2D eigenvalue weighted by atomic mass is 16.7. The van der Waals surface area contributed by atoms with Crippen molar-refractivity contribution in [1.29, 1.82) is 0 Å². The molecule has 2 heterocycles. The van der Waals surface area contributed by atoms with Crippen LogP contribution < -0.4 is 10.2 Å². The van der Waals surface area contributed by atoms with Gasteiger partial charge in [0.25, 0.3) is 0 Å². The number of rotatable bonds is 3. The number of ether oxygens (including phenoxy) is 2. The smallest absolute Gasteiger partial charge is 0.229 e. The Morgan fingerprint density at radius 2 is 1.63 bits per heavy atom. The highest BCUT2D eigenvalue weighted by Gasteiger charge is 2.43. The molecule has 1 saturated heterocycles. The van der Waals surface area contributed by atoms with Gasteiger partial charge in [-0.1, -0.05) is 0 Å². The molecule has 30 heavy (non-hydrogen) atoms. The first-order valence-electron chi connectivity index (χ1n) is 9.21. The van der Waals surface area contributed by atoms with E-state index in [9.17, 15) is 30.3 Å². The van der Waals surface area contributed by atoms with Crippen molar-refractivity contribution in [2.75, 3.05) is 0 Å². The van der Waals surface area contributed by atoms with Gasteiger partial charge in [-0.05, 0) is 31.2 Å². The average molecular weight is 416 g/mol. The van der Waals surface area contributed by atoms with Gasteiger partial charge in [0.15, 0.2) is 5.43 Å². The maximum absolute atomic E-state index is 12.5. The molecule has 1 aliphatic heterocycles. The number of hydrogen-bond donors (Lipinski definition) is 5. The second-order valence-electron chi connectivity index (χ2n) is 7.14. The summed E-state index contributed by atoms with van der Waals surface area (Å²) >= 11 is 0.